The van der Waals surface area contributed by atoms with Gasteiger partial charge in [-0.1, -0.05) is 0 Å². The van der Waals surface area contributed by atoms with Gasteiger partial charge in [0.25, 0.3) is 0 Å². The Bertz CT molecular complexity index is 405. The van der Waals surface area contributed by atoms with Gasteiger partial charge in [-0.2, -0.15) is 0 Å². The van der Waals surface area contributed by atoms with Crippen LogP contribution in [0, 0.1) is 0 Å². The average Bonchev–Trinajstić information content (AvgIpc) is 2.51. The predicted molar refractivity (Wildman–Crippen MR) is 72.3 cm³/mol. The third-order valence-electron chi connectivity index (χ3n) is 3.14. The van der Waals surface area contributed by atoms with E-state index in [1.54, 1.807) is 7.11 Å². The summed E-state index contributed by atoms with van der Waals surface area (Å²) in [6.07, 6.45) is 3.65. The van der Waals surface area contributed by atoms with Gasteiger partial charge in [0.15, 0.2) is 5.78 Å². The molecule has 2 rings (SSSR count). The van der Waals surface area contributed by atoms with Crippen molar-refractivity contribution in [1.82, 2.24) is 0 Å². The van der Waals surface area contributed by atoms with E-state index in [9.17, 15) is 4.79 Å². The summed E-state index contributed by atoms with van der Waals surface area (Å²) in [4.78, 5) is 12.1. The van der Waals surface area contributed by atoms with Crippen LogP contribution in [0.1, 0.15) is 36.0 Å². The van der Waals surface area contributed by atoms with Gasteiger partial charge in [-0.15, -0.1) is 11.3 Å². The average molecular weight is 368 g/mol. The van der Waals surface area contributed by atoms with Crippen molar-refractivity contribution in [1.29, 1.82) is 0 Å². The molecule has 1 heterocycles. The maximum atomic E-state index is 12.1. The molecule has 0 amide bonds. The Balaban J connectivity index is 2.11. The topological polar surface area (TPSA) is 26.3 Å². The van der Waals surface area contributed by atoms with Crippen LogP contribution in [0.2, 0.25) is 0 Å². The van der Waals surface area contributed by atoms with Gasteiger partial charge >= 0.3 is 0 Å². The maximum absolute atomic E-state index is 12.1. The fourth-order valence-corrected chi connectivity index (χ4v) is 4.80. The first-order valence-electron chi connectivity index (χ1n) is 5.09. The van der Waals surface area contributed by atoms with Crippen LogP contribution in [-0.2, 0) is 4.74 Å². The fraction of sp³-hybridized carbons (Fsp3) is 0.545. The van der Waals surface area contributed by atoms with Crippen LogP contribution in [-0.4, -0.2) is 18.5 Å². The molecule has 1 aliphatic rings. The summed E-state index contributed by atoms with van der Waals surface area (Å²) in [6, 6.07) is 1.87. The summed E-state index contributed by atoms with van der Waals surface area (Å²) in [5.74, 6) is 0.162. The van der Waals surface area contributed by atoms with Gasteiger partial charge in [-0.3, -0.25) is 4.79 Å². The second-order valence-corrected chi connectivity index (χ2v) is 7.83. The van der Waals surface area contributed by atoms with Crippen molar-refractivity contribution in [3.8, 4) is 0 Å². The minimum absolute atomic E-state index is 0.162. The first-order valence-corrected chi connectivity index (χ1v) is 7.50. The third kappa shape index (κ3) is 2.42. The Kier molecular flexibility index (Phi) is 3.89. The molecule has 88 valence electrons. The van der Waals surface area contributed by atoms with E-state index in [0.29, 0.717) is 6.42 Å². The maximum Gasteiger partial charge on any atom is 0.167 e. The lowest BCUT2D eigenvalue weighted by atomic mass is 9.76. The van der Waals surface area contributed by atoms with Crippen molar-refractivity contribution in [2.45, 2.75) is 31.3 Å². The molecule has 1 aromatic rings. The quantitative estimate of drug-likeness (QED) is 0.736. The van der Waals surface area contributed by atoms with Crippen molar-refractivity contribution in [2.24, 2.45) is 0 Å². The molecule has 0 bridgehead atoms. The number of carbonyl (C=O) groups excluding carboxylic acids is 1. The third-order valence-corrected chi connectivity index (χ3v) is 5.48. The molecule has 0 unspecified atom stereocenters. The summed E-state index contributed by atoms with van der Waals surface area (Å²) in [5.41, 5.74) is 0.575. The molecule has 1 aromatic heterocycles. The molecule has 0 saturated heterocycles. The molecular weight excluding hydrogens is 356 g/mol. The second-order valence-electron chi connectivity index (χ2n) is 4.08. The summed E-state index contributed by atoms with van der Waals surface area (Å²) >= 11 is 8.33. The zero-order valence-electron chi connectivity index (χ0n) is 8.89. The second kappa shape index (κ2) is 4.88. The highest BCUT2D eigenvalue weighted by Crippen LogP contribution is 2.40. The zero-order chi connectivity index (χ0) is 11.8. The molecule has 0 radical (unpaired) electrons. The van der Waals surface area contributed by atoms with E-state index in [4.69, 9.17) is 4.74 Å². The number of methoxy groups -OCH3 is 1. The van der Waals surface area contributed by atoms with Crippen molar-refractivity contribution in [2.75, 3.05) is 7.11 Å². The minimum Gasteiger partial charge on any atom is -0.378 e. The Morgan fingerprint density at radius 2 is 2.25 bits per heavy atom. The number of ether oxygens (including phenoxy) is 1. The van der Waals surface area contributed by atoms with Crippen LogP contribution < -0.4 is 0 Å². The van der Waals surface area contributed by atoms with Gasteiger partial charge in [0.2, 0.25) is 0 Å². The number of carbonyl (C=O) groups is 1. The van der Waals surface area contributed by atoms with Crippen molar-refractivity contribution in [3.05, 3.63) is 19.2 Å². The number of halogens is 2. The van der Waals surface area contributed by atoms with E-state index in [1.807, 2.05) is 6.07 Å². The molecule has 16 heavy (non-hydrogen) atoms. The summed E-state index contributed by atoms with van der Waals surface area (Å²) in [6.45, 7) is 0. The predicted octanol–water partition coefficient (Wildman–Crippen LogP) is 4.42. The molecule has 1 aliphatic carbocycles. The summed E-state index contributed by atoms with van der Waals surface area (Å²) in [7, 11) is 1.70. The van der Waals surface area contributed by atoms with Crippen molar-refractivity contribution in [3.63, 3.8) is 0 Å². The lowest BCUT2D eigenvalue weighted by Gasteiger charge is -2.40. The smallest absolute Gasteiger partial charge is 0.167 e. The van der Waals surface area contributed by atoms with Crippen molar-refractivity contribution < 1.29 is 9.53 Å². The first-order chi connectivity index (χ1) is 7.56. The molecule has 0 aliphatic heterocycles. The van der Waals surface area contributed by atoms with Gasteiger partial charge in [0.1, 0.15) is 0 Å². The van der Waals surface area contributed by atoms with Gasteiger partial charge < -0.3 is 4.74 Å². The first kappa shape index (κ1) is 12.7. The van der Waals surface area contributed by atoms with Crippen LogP contribution in [0.4, 0.5) is 0 Å². The molecule has 0 N–H and O–H groups in total. The van der Waals surface area contributed by atoms with Crippen LogP contribution in [0.3, 0.4) is 0 Å². The van der Waals surface area contributed by atoms with Crippen LogP contribution in [0.25, 0.3) is 0 Å². The highest BCUT2D eigenvalue weighted by atomic mass is 79.9. The summed E-state index contributed by atoms with van der Waals surface area (Å²) < 4.78 is 7.34. The Labute approximate surface area is 116 Å². The van der Waals surface area contributed by atoms with E-state index >= 15 is 0 Å². The number of hydrogen-bond acceptors (Lipinski definition) is 3. The lowest BCUT2D eigenvalue weighted by molar-refractivity contribution is -0.0704. The van der Waals surface area contributed by atoms with Crippen LogP contribution in [0.15, 0.2) is 13.6 Å². The SMILES string of the molecule is COC1(CC(=O)c2cc(Br)sc2Br)CCC1. The fourth-order valence-electron chi connectivity index (χ4n) is 1.94. The van der Waals surface area contributed by atoms with E-state index in [1.165, 1.54) is 11.3 Å². The van der Waals surface area contributed by atoms with E-state index in [2.05, 4.69) is 31.9 Å². The molecule has 1 saturated carbocycles. The molecule has 0 spiro atoms. The van der Waals surface area contributed by atoms with E-state index in [-0.39, 0.29) is 11.4 Å². The van der Waals surface area contributed by atoms with Gasteiger partial charge in [0.05, 0.1) is 13.2 Å². The van der Waals surface area contributed by atoms with Gasteiger partial charge in [-0.25, -0.2) is 0 Å². The Hall–Kier alpha value is 0.290. The van der Waals surface area contributed by atoms with Crippen LogP contribution in [0.5, 0.6) is 0 Å². The number of hydrogen-bond donors (Lipinski definition) is 0. The molecule has 0 atom stereocenters. The van der Waals surface area contributed by atoms with Crippen molar-refractivity contribution >= 4 is 49.0 Å². The highest BCUT2D eigenvalue weighted by Gasteiger charge is 2.39. The highest BCUT2D eigenvalue weighted by molar-refractivity contribution is 9.12. The van der Waals surface area contributed by atoms with Gasteiger partial charge in [-0.05, 0) is 57.2 Å². The number of ketones is 1. The van der Waals surface area contributed by atoms with E-state index < -0.39 is 0 Å². The summed E-state index contributed by atoms with van der Waals surface area (Å²) in [5, 5.41) is 0. The van der Waals surface area contributed by atoms with E-state index in [0.717, 1.165) is 32.4 Å². The number of rotatable bonds is 4. The number of Topliss-reactive ketones (excluding diaryl/α,β-unsaturated/α-hetero) is 1. The van der Waals surface area contributed by atoms with Crippen LogP contribution >= 0.6 is 43.2 Å². The minimum atomic E-state index is -0.190. The molecule has 0 aromatic carbocycles. The Morgan fingerprint density at radius 3 is 2.62 bits per heavy atom. The lowest BCUT2D eigenvalue weighted by Crippen LogP contribution is -2.41. The molecule has 5 heteroatoms. The van der Waals surface area contributed by atoms with Gasteiger partial charge in [0, 0.05) is 19.1 Å². The monoisotopic (exact) mass is 366 g/mol. The Morgan fingerprint density at radius 1 is 1.56 bits per heavy atom. The zero-order valence-corrected chi connectivity index (χ0v) is 12.9. The normalized spacial score (nSPS) is 18.2. The molecule has 2 nitrogen and oxygen atoms in total. The largest absolute Gasteiger partial charge is 0.378 e. The standard InChI is InChI=1S/C11H12Br2O2S/c1-15-11(3-2-4-11)6-8(14)7-5-9(12)16-10(7)13/h5H,2-4,6H2,1H3. The molecule has 1 fully saturated rings. The molecular formula is C11H12Br2O2S. The number of thiophene rings is 1.